The van der Waals surface area contributed by atoms with Crippen LogP contribution in [0, 0.1) is 10.1 Å². The molecule has 0 saturated carbocycles. The Morgan fingerprint density at radius 1 is 1.16 bits per heavy atom. The second-order valence-electron chi connectivity index (χ2n) is 5.64. The van der Waals surface area contributed by atoms with E-state index in [0.29, 0.717) is 6.04 Å². The molecule has 0 radical (unpaired) electrons. The van der Waals surface area contributed by atoms with Crippen molar-refractivity contribution in [2.75, 3.05) is 13.1 Å². The van der Waals surface area contributed by atoms with Crippen LogP contribution in [0.15, 0.2) is 18.2 Å². The maximum Gasteiger partial charge on any atom is 0.269 e. The van der Waals surface area contributed by atoms with Gasteiger partial charge in [-0.2, -0.15) is 0 Å². The Morgan fingerprint density at radius 2 is 1.95 bits per heavy atom. The summed E-state index contributed by atoms with van der Waals surface area (Å²) in [6, 6.07) is 5.83. The molecule has 1 atom stereocenters. The average molecular weight is 260 g/mol. The van der Waals surface area contributed by atoms with E-state index in [4.69, 9.17) is 0 Å². The first-order valence-electron chi connectivity index (χ1n) is 7.27. The summed E-state index contributed by atoms with van der Waals surface area (Å²) < 4.78 is 0. The minimum Gasteiger partial charge on any atom is -0.296 e. The fourth-order valence-electron chi connectivity index (χ4n) is 3.48. The quantitative estimate of drug-likeness (QED) is 0.604. The summed E-state index contributed by atoms with van der Waals surface area (Å²) in [4.78, 5) is 13.2. The molecule has 1 aromatic carbocycles. The Bertz CT molecular complexity index is 481. The van der Waals surface area contributed by atoms with Crippen LogP contribution in [0.2, 0.25) is 0 Å². The van der Waals surface area contributed by atoms with E-state index in [9.17, 15) is 10.1 Å². The van der Waals surface area contributed by atoms with Crippen molar-refractivity contribution in [2.24, 2.45) is 0 Å². The van der Waals surface area contributed by atoms with Crippen molar-refractivity contribution in [2.45, 2.75) is 44.6 Å². The Labute approximate surface area is 113 Å². The lowest BCUT2D eigenvalue weighted by atomic mass is 9.85. The van der Waals surface area contributed by atoms with Crippen LogP contribution < -0.4 is 0 Å². The van der Waals surface area contributed by atoms with Gasteiger partial charge in [0.25, 0.3) is 5.69 Å². The van der Waals surface area contributed by atoms with E-state index < -0.39 is 0 Å². The van der Waals surface area contributed by atoms with Gasteiger partial charge in [0.05, 0.1) is 4.92 Å². The van der Waals surface area contributed by atoms with Gasteiger partial charge >= 0.3 is 0 Å². The van der Waals surface area contributed by atoms with Crippen LogP contribution in [0.25, 0.3) is 0 Å². The normalized spacial score (nSPS) is 23.9. The lowest BCUT2D eigenvalue weighted by Crippen LogP contribution is -2.35. The van der Waals surface area contributed by atoms with Gasteiger partial charge in [-0.1, -0.05) is 12.5 Å². The standard InChI is InChI=1S/C15H20N2O2/c18-17(19)13-8-7-12-5-4-6-15(14(12)11-13)16-9-2-1-3-10-16/h7-8,11,15H,1-6,9-10H2. The van der Waals surface area contributed by atoms with E-state index >= 15 is 0 Å². The van der Waals surface area contributed by atoms with Crippen LogP contribution in [0.3, 0.4) is 0 Å². The molecule has 2 aliphatic rings. The van der Waals surface area contributed by atoms with Crippen LogP contribution in [0.1, 0.15) is 49.3 Å². The number of aryl methyl sites for hydroxylation is 1. The van der Waals surface area contributed by atoms with Crippen molar-refractivity contribution in [3.8, 4) is 0 Å². The molecule has 1 aliphatic carbocycles. The van der Waals surface area contributed by atoms with E-state index in [1.165, 1.54) is 36.8 Å². The zero-order valence-electron chi connectivity index (χ0n) is 11.2. The summed E-state index contributed by atoms with van der Waals surface area (Å²) in [6.45, 7) is 2.29. The van der Waals surface area contributed by atoms with Gasteiger partial charge in [-0.25, -0.2) is 0 Å². The first-order chi connectivity index (χ1) is 9.25. The van der Waals surface area contributed by atoms with Crippen molar-refractivity contribution < 1.29 is 4.92 Å². The summed E-state index contributed by atoms with van der Waals surface area (Å²) in [5.41, 5.74) is 2.76. The fraction of sp³-hybridized carbons (Fsp3) is 0.600. The van der Waals surface area contributed by atoms with Gasteiger partial charge in [-0.05, 0) is 56.3 Å². The number of likely N-dealkylation sites (tertiary alicyclic amines) is 1. The van der Waals surface area contributed by atoms with Crippen LogP contribution in [0.5, 0.6) is 0 Å². The first-order valence-corrected chi connectivity index (χ1v) is 7.27. The lowest BCUT2D eigenvalue weighted by Gasteiger charge is -2.38. The first kappa shape index (κ1) is 12.6. The molecule has 0 N–H and O–H groups in total. The monoisotopic (exact) mass is 260 g/mol. The SMILES string of the molecule is O=[N+]([O-])c1ccc2c(c1)C(N1CCCCC1)CCC2. The van der Waals surface area contributed by atoms with Crippen molar-refractivity contribution in [1.29, 1.82) is 0 Å². The molecule has 0 aromatic heterocycles. The van der Waals surface area contributed by atoms with Gasteiger partial charge < -0.3 is 0 Å². The van der Waals surface area contributed by atoms with Crippen molar-refractivity contribution >= 4 is 5.69 Å². The van der Waals surface area contributed by atoms with Gasteiger partial charge in [0.1, 0.15) is 0 Å². The molecule has 102 valence electrons. The van der Waals surface area contributed by atoms with E-state index in [-0.39, 0.29) is 10.6 Å². The number of nitro benzene ring substituents is 1. The third kappa shape index (κ3) is 2.50. The second kappa shape index (κ2) is 5.29. The Morgan fingerprint density at radius 3 is 2.68 bits per heavy atom. The summed E-state index contributed by atoms with van der Waals surface area (Å²) in [5.74, 6) is 0. The highest BCUT2D eigenvalue weighted by Gasteiger charge is 2.28. The summed E-state index contributed by atoms with van der Waals surface area (Å²) in [7, 11) is 0. The number of nitrogens with zero attached hydrogens (tertiary/aromatic N) is 2. The molecule has 3 rings (SSSR count). The van der Waals surface area contributed by atoms with Crippen LogP contribution in [-0.4, -0.2) is 22.9 Å². The highest BCUT2D eigenvalue weighted by atomic mass is 16.6. The minimum atomic E-state index is -0.276. The zero-order valence-corrected chi connectivity index (χ0v) is 11.2. The number of piperidine rings is 1. The number of hydrogen-bond acceptors (Lipinski definition) is 3. The van der Waals surface area contributed by atoms with E-state index in [1.54, 1.807) is 6.07 Å². The van der Waals surface area contributed by atoms with E-state index in [1.807, 2.05) is 12.1 Å². The summed E-state index contributed by atoms with van der Waals surface area (Å²) in [6.07, 6.45) is 7.27. The Kier molecular flexibility index (Phi) is 3.51. The predicted molar refractivity (Wildman–Crippen MR) is 74.2 cm³/mol. The molecule has 19 heavy (non-hydrogen) atoms. The lowest BCUT2D eigenvalue weighted by molar-refractivity contribution is -0.385. The average Bonchev–Trinajstić information content (AvgIpc) is 2.47. The predicted octanol–water partition coefficient (Wildman–Crippen LogP) is 3.46. The molecular formula is C15H20N2O2. The molecule has 1 saturated heterocycles. The second-order valence-corrected chi connectivity index (χ2v) is 5.64. The third-order valence-corrected chi connectivity index (χ3v) is 4.45. The fourth-order valence-corrected chi connectivity index (χ4v) is 3.48. The molecule has 4 nitrogen and oxygen atoms in total. The Balaban J connectivity index is 1.92. The number of benzene rings is 1. The molecule has 4 heteroatoms. The van der Waals surface area contributed by atoms with Crippen LogP contribution >= 0.6 is 0 Å². The highest BCUT2D eigenvalue weighted by Crippen LogP contribution is 2.37. The van der Waals surface area contributed by atoms with Crippen LogP contribution in [0.4, 0.5) is 5.69 Å². The summed E-state index contributed by atoms with van der Waals surface area (Å²) >= 11 is 0. The highest BCUT2D eigenvalue weighted by molar-refractivity contribution is 5.42. The molecule has 1 heterocycles. The zero-order chi connectivity index (χ0) is 13.2. The number of hydrogen-bond donors (Lipinski definition) is 0. The summed E-state index contributed by atoms with van der Waals surface area (Å²) in [5, 5.41) is 11.0. The maximum absolute atomic E-state index is 11.0. The van der Waals surface area contributed by atoms with Gasteiger partial charge in [0, 0.05) is 18.2 Å². The Hall–Kier alpha value is -1.42. The molecular weight excluding hydrogens is 240 g/mol. The number of rotatable bonds is 2. The van der Waals surface area contributed by atoms with Crippen molar-refractivity contribution in [3.05, 3.63) is 39.4 Å². The van der Waals surface area contributed by atoms with Gasteiger partial charge in [-0.15, -0.1) is 0 Å². The smallest absolute Gasteiger partial charge is 0.269 e. The van der Waals surface area contributed by atoms with E-state index in [0.717, 1.165) is 25.9 Å². The van der Waals surface area contributed by atoms with Gasteiger partial charge in [-0.3, -0.25) is 15.0 Å². The molecule has 1 fully saturated rings. The number of fused-ring (bicyclic) bond motifs is 1. The van der Waals surface area contributed by atoms with Gasteiger partial charge in [0.2, 0.25) is 0 Å². The molecule has 1 aliphatic heterocycles. The maximum atomic E-state index is 11.0. The van der Waals surface area contributed by atoms with Crippen LogP contribution in [-0.2, 0) is 6.42 Å². The molecule has 0 amide bonds. The van der Waals surface area contributed by atoms with Gasteiger partial charge in [0.15, 0.2) is 0 Å². The topological polar surface area (TPSA) is 46.4 Å². The van der Waals surface area contributed by atoms with E-state index in [2.05, 4.69) is 4.90 Å². The molecule has 0 bridgehead atoms. The van der Waals surface area contributed by atoms with Crippen molar-refractivity contribution in [1.82, 2.24) is 4.90 Å². The largest absolute Gasteiger partial charge is 0.296 e. The minimum absolute atomic E-state index is 0.239. The molecule has 1 aromatic rings. The molecule has 0 spiro atoms. The number of nitro groups is 1. The molecule has 1 unspecified atom stereocenters. The van der Waals surface area contributed by atoms with Crippen molar-refractivity contribution in [3.63, 3.8) is 0 Å². The number of non-ortho nitro benzene ring substituents is 1. The third-order valence-electron chi connectivity index (χ3n) is 4.45.